The summed E-state index contributed by atoms with van der Waals surface area (Å²) >= 11 is 1.47. The van der Waals surface area contributed by atoms with Gasteiger partial charge in [0.15, 0.2) is 11.2 Å². The average molecular weight is 405 g/mol. The zero-order valence-electron chi connectivity index (χ0n) is 15.8. The van der Waals surface area contributed by atoms with Gasteiger partial charge in [-0.25, -0.2) is 9.97 Å². The second kappa shape index (κ2) is 8.74. The van der Waals surface area contributed by atoms with E-state index in [1.54, 1.807) is 12.4 Å². The highest BCUT2D eigenvalue weighted by atomic mass is 32.2. The van der Waals surface area contributed by atoms with Crippen LogP contribution in [0.2, 0.25) is 0 Å². The monoisotopic (exact) mass is 405 g/mol. The Kier molecular flexibility index (Phi) is 5.71. The summed E-state index contributed by atoms with van der Waals surface area (Å²) in [6.07, 6.45) is 4.19. The first-order chi connectivity index (χ1) is 14.2. The van der Waals surface area contributed by atoms with Crippen molar-refractivity contribution in [1.82, 2.24) is 20.3 Å². The highest BCUT2D eigenvalue weighted by molar-refractivity contribution is 8.00. The fourth-order valence-corrected chi connectivity index (χ4v) is 3.46. The van der Waals surface area contributed by atoms with Crippen LogP contribution in [0.4, 0.5) is 5.82 Å². The number of benzene rings is 1. The van der Waals surface area contributed by atoms with E-state index in [-0.39, 0.29) is 5.91 Å². The molecule has 0 unspecified atom stereocenters. The van der Waals surface area contributed by atoms with Gasteiger partial charge in [0.25, 0.3) is 0 Å². The Morgan fingerprint density at radius 2 is 2.03 bits per heavy atom. The first-order valence-electron chi connectivity index (χ1n) is 9.11. The molecule has 0 fully saturated rings. The number of oxazole rings is 1. The third kappa shape index (κ3) is 4.91. The van der Waals surface area contributed by atoms with Gasteiger partial charge in [0.2, 0.25) is 11.8 Å². The van der Waals surface area contributed by atoms with Gasteiger partial charge in [-0.15, -0.1) is 0 Å². The van der Waals surface area contributed by atoms with Crippen molar-refractivity contribution < 1.29 is 9.21 Å². The molecule has 3 aromatic heterocycles. The molecule has 0 aliphatic rings. The highest BCUT2D eigenvalue weighted by Gasteiger charge is 2.10. The molecule has 0 atom stereocenters. The number of aromatic nitrogens is 3. The number of carbonyl (C=O) groups excluding carboxylic acids is 1. The van der Waals surface area contributed by atoms with Crippen LogP contribution in [0.3, 0.4) is 0 Å². The van der Waals surface area contributed by atoms with E-state index in [9.17, 15) is 4.79 Å². The van der Waals surface area contributed by atoms with E-state index in [1.165, 1.54) is 18.9 Å². The van der Waals surface area contributed by atoms with Gasteiger partial charge in [-0.2, -0.15) is 4.98 Å². The number of hydrogen-bond donors (Lipinski definition) is 2. The lowest BCUT2D eigenvalue weighted by atomic mass is 10.1. The second-order valence-electron chi connectivity index (χ2n) is 6.36. The van der Waals surface area contributed by atoms with Crippen LogP contribution in [0.15, 0.2) is 70.2 Å². The average Bonchev–Trinajstić information content (AvgIpc) is 3.17. The molecule has 0 saturated carbocycles. The predicted octanol–water partition coefficient (Wildman–Crippen LogP) is 4.08. The molecule has 1 aromatic carbocycles. The summed E-state index contributed by atoms with van der Waals surface area (Å²) in [5, 5.41) is 2.81. The molecule has 4 rings (SSSR count). The summed E-state index contributed by atoms with van der Waals surface area (Å²) in [6.45, 7) is 2.15. The molecule has 146 valence electrons. The van der Waals surface area contributed by atoms with Gasteiger partial charge >= 0.3 is 0 Å². The number of amides is 1. The van der Waals surface area contributed by atoms with E-state index in [4.69, 9.17) is 4.42 Å². The molecule has 7 nitrogen and oxygen atoms in total. The van der Waals surface area contributed by atoms with Gasteiger partial charge in [0.1, 0.15) is 5.82 Å². The van der Waals surface area contributed by atoms with Crippen LogP contribution in [0.1, 0.15) is 12.5 Å². The van der Waals surface area contributed by atoms with Crippen LogP contribution in [-0.2, 0) is 11.2 Å². The summed E-state index contributed by atoms with van der Waals surface area (Å²) in [6, 6.07) is 15.6. The summed E-state index contributed by atoms with van der Waals surface area (Å²) in [5.74, 6) is 1.19. The number of pyridine rings is 2. The Bertz CT molecular complexity index is 1110. The van der Waals surface area contributed by atoms with Crippen molar-refractivity contribution in [3.63, 3.8) is 0 Å². The molecule has 0 spiro atoms. The lowest BCUT2D eigenvalue weighted by Gasteiger charge is -2.08. The maximum absolute atomic E-state index is 11.0. The molecule has 0 aliphatic heterocycles. The molecule has 1 amide bonds. The first-order valence-corrected chi connectivity index (χ1v) is 9.93. The maximum atomic E-state index is 11.0. The third-order valence-electron chi connectivity index (χ3n) is 4.13. The SMILES string of the molecule is CC(=O)NCCc1cccc(SNc2cc(-c3nc4ncccc4o3)ccn2)c1. The van der Waals surface area contributed by atoms with Crippen molar-refractivity contribution in [2.45, 2.75) is 18.2 Å². The fourth-order valence-electron chi connectivity index (χ4n) is 2.77. The smallest absolute Gasteiger partial charge is 0.229 e. The number of fused-ring (bicyclic) bond motifs is 1. The van der Waals surface area contributed by atoms with Crippen LogP contribution in [0, 0.1) is 0 Å². The van der Waals surface area contributed by atoms with Crippen molar-refractivity contribution in [3.05, 3.63) is 66.5 Å². The van der Waals surface area contributed by atoms with E-state index in [0.29, 0.717) is 29.5 Å². The van der Waals surface area contributed by atoms with E-state index in [1.807, 2.05) is 42.5 Å². The zero-order chi connectivity index (χ0) is 20.1. The summed E-state index contributed by atoms with van der Waals surface area (Å²) in [5.41, 5.74) is 3.22. The Balaban J connectivity index is 1.43. The summed E-state index contributed by atoms with van der Waals surface area (Å²) in [7, 11) is 0. The van der Waals surface area contributed by atoms with Crippen molar-refractivity contribution in [3.8, 4) is 11.5 Å². The normalized spacial score (nSPS) is 10.8. The van der Waals surface area contributed by atoms with Gasteiger partial charge < -0.3 is 14.5 Å². The highest BCUT2D eigenvalue weighted by Crippen LogP contribution is 2.26. The molecule has 8 heteroatoms. The number of hydrogen-bond acceptors (Lipinski definition) is 7. The fraction of sp³-hybridized carbons (Fsp3) is 0.143. The zero-order valence-corrected chi connectivity index (χ0v) is 16.6. The van der Waals surface area contributed by atoms with Crippen molar-refractivity contribution in [2.75, 3.05) is 11.3 Å². The Hall–Kier alpha value is -3.39. The topological polar surface area (TPSA) is 92.9 Å². The Morgan fingerprint density at radius 3 is 2.90 bits per heavy atom. The molecule has 4 aromatic rings. The lowest BCUT2D eigenvalue weighted by Crippen LogP contribution is -2.22. The number of nitrogens with zero attached hydrogens (tertiary/aromatic N) is 3. The standard InChI is InChI=1S/C21H19N5O2S/c1-14(27)22-10-7-15-4-2-5-17(12-15)29-26-19-13-16(8-11-23-19)21-25-20-18(28-21)6-3-9-24-20/h2-6,8-9,11-13H,7,10H2,1H3,(H,22,27)(H,23,26). The van der Waals surface area contributed by atoms with E-state index >= 15 is 0 Å². The van der Waals surface area contributed by atoms with E-state index in [2.05, 4.69) is 31.1 Å². The van der Waals surface area contributed by atoms with Gasteiger partial charge in [0.05, 0.1) is 0 Å². The molecule has 3 heterocycles. The van der Waals surface area contributed by atoms with Crippen LogP contribution in [0.25, 0.3) is 22.7 Å². The minimum Gasteiger partial charge on any atom is -0.434 e. The summed E-state index contributed by atoms with van der Waals surface area (Å²) < 4.78 is 9.03. The van der Waals surface area contributed by atoms with Crippen molar-refractivity contribution in [2.24, 2.45) is 0 Å². The Labute approximate surface area is 172 Å². The number of carbonyl (C=O) groups is 1. The van der Waals surface area contributed by atoms with Crippen LogP contribution in [0.5, 0.6) is 0 Å². The van der Waals surface area contributed by atoms with Crippen molar-refractivity contribution in [1.29, 1.82) is 0 Å². The molecule has 0 bridgehead atoms. The van der Waals surface area contributed by atoms with Gasteiger partial charge in [0, 0.05) is 36.3 Å². The lowest BCUT2D eigenvalue weighted by molar-refractivity contribution is -0.118. The molecule has 2 N–H and O–H groups in total. The molecular formula is C21H19N5O2S. The van der Waals surface area contributed by atoms with E-state index in [0.717, 1.165) is 22.4 Å². The van der Waals surface area contributed by atoms with Crippen molar-refractivity contribution >= 4 is 34.9 Å². The molecule has 0 aliphatic carbocycles. The molecule has 0 saturated heterocycles. The Morgan fingerprint density at radius 1 is 1.10 bits per heavy atom. The van der Waals surface area contributed by atoms with Crippen LogP contribution >= 0.6 is 11.9 Å². The molecule has 29 heavy (non-hydrogen) atoms. The largest absolute Gasteiger partial charge is 0.434 e. The van der Waals surface area contributed by atoms with Crippen LogP contribution < -0.4 is 10.0 Å². The van der Waals surface area contributed by atoms with Gasteiger partial charge in [-0.05, 0) is 60.3 Å². The van der Waals surface area contributed by atoms with Gasteiger partial charge in [-0.1, -0.05) is 12.1 Å². The molecular weight excluding hydrogens is 386 g/mol. The number of nitrogens with one attached hydrogen (secondary N) is 2. The minimum atomic E-state index is -0.0159. The number of anilines is 1. The predicted molar refractivity (Wildman–Crippen MR) is 113 cm³/mol. The first kappa shape index (κ1) is 18.9. The third-order valence-corrected chi connectivity index (χ3v) is 4.93. The second-order valence-corrected chi connectivity index (χ2v) is 7.24. The van der Waals surface area contributed by atoms with E-state index < -0.39 is 0 Å². The number of rotatable bonds is 7. The van der Waals surface area contributed by atoms with Gasteiger partial charge in [-0.3, -0.25) is 4.79 Å². The molecule has 0 radical (unpaired) electrons. The quantitative estimate of drug-likeness (QED) is 0.448. The summed E-state index contributed by atoms with van der Waals surface area (Å²) in [4.78, 5) is 25.0. The minimum absolute atomic E-state index is 0.0159. The van der Waals surface area contributed by atoms with Crippen LogP contribution in [-0.4, -0.2) is 27.4 Å². The maximum Gasteiger partial charge on any atom is 0.229 e.